The summed E-state index contributed by atoms with van der Waals surface area (Å²) in [6.45, 7) is 0.288. The first-order valence-corrected chi connectivity index (χ1v) is 12.8. The molecule has 0 radical (unpaired) electrons. The number of hydrogen-bond acceptors (Lipinski definition) is 7. The summed E-state index contributed by atoms with van der Waals surface area (Å²) in [5.74, 6) is 0.142. The van der Waals surface area contributed by atoms with Crippen LogP contribution in [-0.2, 0) is 53.4 Å². The maximum Gasteiger partial charge on any atom is 0.397 e. The molecule has 0 fully saturated rings. The van der Waals surface area contributed by atoms with E-state index in [1.807, 2.05) is 91.0 Å². The Balaban J connectivity index is 1.55. The van der Waals surface area contributed by atoms with Gasteiger partial charge in [-0.05, 0) is 22.8 Å². The van der Waals surface area contributed by atoms with Crippen LogP contribution in [0, 0.1) is 0 Å². The molecule has 4 rings (SSSR count). The predicted molar refractivity (Wildman–Crippen MR) is 132 cm³/mol. The molecule has 0 saturated heterocycles. The van der Waals surface area contributed by atoms with Crippen molar-refractivity contribution in [3.8, 4) is 0 Å². The largest absolute Gasteiger partial charge is 0.464 e. The summed E-state index contributed by atoms with van der Waals surface area (Å²) in [5.41, 5.74) is 2.84. The number of rotatable bonds is 12. The normalized spacial score (nSPS) is 19.9. The third kappa shape index (κ3) is 8.27. The van der Waals surface area contributed by atoms with Crippen molar-refractivity contribution in [3.63, 3.8) is 0 Å². The van der Waals surface area contributed by atoms with E-state index in [-0.39, 0.29) is 25.6 Å². The van der Waals surface area contributed by atoms with Gasteiger partial charge < -0.3 is 18.9 Å². The Bertz CT molecular complexity index is 1200. The van der Waals surface area contributed by atoms with E-state index in [1.165, 1.54) is 0 Å². The van der Waals surface area contributed by atoms with Crippen LogP contribution in [0.5, 0.6) is 0 Å². The quantitative estimate of drug-likeness (QED) is 0.356. The van der Waals surface area contributed by atoms with Gasteiger partial charge in [-0.1, -0.05) is 91.0 Å². The second-order valence-corrected chi connectivity index (χ2v) is 9.22. The van der Waals surface area contributed by atoms with Crippen LogP contribution in [0.25, 0.3) is 0 Å². The lowest BCUT2D eigenvalue weighted by atomic mass is 10.1. The molecule has 8 nitrogen and oxygen atoms in total. The average Bonchev–Trinajstić information content (AvgIpc) is 2.90. The second-order valence-electron chi connectivity index (χ2n) is 8.13. The molecule has 0 saturated carbocycles. The first kappa shape index (κ1) is 26.0. The topological polar surface area (TPSA) is 101 Å². The maximum atomic E-state index is 11.1. The van der Waals surface area contributed by atoms with Crippen molar-refractivity contribution in [2.24, 2.45) is 0 Å². The van der Waals surface area contributed by atoms with Crippen molar-refractivity contribution in [1.82, 2.24) is 0 Å². The van der Waals surface area contributed by atoms with Crippen molar-refractivity contribution in [3.05, 3.63) is 120 Å². The van der Waals surface area contributed by atoms with Crippen molar-refractivity contribution < 1.29 is 36.1 Å². The summed E-state index contributed by atoms with van der Waals surface area (Å²) >= 11 is 0. The summed E-state index contributed by atoms with van der Waals surface area (Å²) < 4.78 is 60.3. The zero-order chi connectivity index (χ0) is 25.2. The standard InChI is InChI=1S/C27H28O8S/c28-36(29,30)34-20-24-16-25(31-17-21-10-4-1-5-11-21)26(32-18-22-12-6-2-7-13-22)27(35-24)33-19-23-14-8-3-9-15-23/h1-16,25-27H,17-20H2,(H,28,29,30)/t25-,26+,27+/m0/s1. The zero-order valence-corrected chi connectivity index (χ0v) is 20.3. The van der Waals surface area contributed by atoms with Gasteiger partial charge in [0.15, 0.2) is 0 Å². The smallest absolute Gasteiger partial charge is 0.397 e. The molecule has 3 aromatic carbocycles. The lowest BCUT2D eigenvalue weighted by Crippen LogP contribution is -2.46. The molecule has 0 bridgehead atoms. The first-order chi connectivity index (χ1) is 17.5. The van der Waals surface area contributed by atoms with E-state index in [4.69, 9.17) is 23.5 Å². The molecule has 9 heteroatoms. The second kappa shape index (κ2) is 12.8. The van der Waals surface area contributed by atoms with Crippen molar-refractivity contribution in [2.45, 2.75) is 38.3 Å². The minimum Gasteiger partial charge on any atom is -0.464 e. The molecular formula is C27H28O8S. The van der Waals surface area contributed by atoms with Crippen molar-refractivity contribution >= 4 is 10.4 Å². The fourth-order valence-corrected chi connectivity index (χ4v) is 3.90. The molecular weight excluding hydrogens is 484 g/mol. The number of hydrogen-bond donors (Lipinski definition) is 1. The Morgan fingerprint density at radius 1 is 0.667 bits per heavy atom. The van der Waals surface area contributed by atoms with Crippen molar-refractivity contribution in [1.29, 1.82) is 0 Å². The number of benzene rings is 3. The Morgan fingerprint density at radius 2 is 1.14 bits per heavy atom. The summed E-state index contributed by atoms with van der Waals surface area (Å²) in [6, 6.07) is 28.9. The summed E-state index contributed by atoms with van der Waals surface area (Å²) in [7, 11) is -4.66. The highest BCUT2D eigenvalue weighted by Crippen LogP contribution is 2.27. The van der Waals surface area contributed by atoms with E-state index in [0.717, 1.165) is 16.7 Å². The van der Waals surface area contributed by atoms with Gasteiger partial charge in [0.25, 0.3) is 0 Å². The minimum atomic E-state index is -4.66. The van der Waals surface area contributed by atoms with Crippen LogP contribution in [0.2, 0.25) is 0 Å². The molecule has 0 unspecified atom stereocenters. The maximum absolute atomic E-state index is 11.1. The van der Waals surface area contributed by atoms with Gasteiger partial charge in [0.2, 0.25) is 6.29 Å². The molecule has 1 N–H and O–H groups in total. The van der Waals surface area contributed by atoms with Crippen molar-refractivity contribution in [2.75, 3.05) is 6.61 Å². The Labute approximate surface area is 211 Å². The molecule has 190 valence electrons. The molecule has 0 aliphatic carbocycles. The van der Waals surface area contributed by atoms with E-state index in [1.54, 1.807) is 6.08 Å². The predicted octanol–water partition coefficient (Wildman–Crippen LogP) is 4.43. The van der Waals surface area contributed by atoms with Gasteiger partial charge in [-0.15, -0.1) is 0 Å². The fourth-order valence-electron chi connectivity index (χ4n) is 3.63. The molecule has 0 aromatic heterocycles. The van der Waals surface area contributed by atoms with Crippen LogP contribution in [0.4, 0.5) is 0 Å². The third-order valence-electron chi connectivity index (χ3n) is 5.39. The van der Waals surface area contributed by atoms with Crippen LogP contribution >= 0.6 is 0 Å². The first-order valence-electron chi connectivity index (χ1n) is 11.4. The highest BCUT2D eigenvalue weighted by molar-refractivity contribution is 7.80. The van der Waals surface area contributed by atoms with E-state index in [0.29, 0.717) is 0 Å². The van der Waals surface area contributed by atoms with Crippen LogP contribution in [0.15, 0.2) is 103 Å². The molecule has 36 heavy (non-hydrogen) atoms. The fraction of sp³-hybridized carbons (Fsp3) is 0.259. The van der Waals surface area contributed by atoms with Gasteiger partial charge in [0.1, 0.15) is 24.6 Å². The van der Waals surface area contributed by atoms with Gasteiger partial charge >= 0.3 is 10.4 Å². The van der Waals surface area contributed by atoms with Gasteiger partial charge in [-0.25, -0.2) is 4.18 Å². The highest BCUT2D eigenvalue weighted by Gasteiger charge is 2.38. The average molecular weight is 513 g/mol. The van der Waals surface area contributed by atoms with Crippen LogP contribution < -0.4 is 0 Å². The highest BCUT2D eigenvalue weighted by atomic mass is 32.3. The van der Waals surface area contributed by atoms with E-state index in [9.17, 15) is 8.42 Å². The minimum absolute atomic E-state index is 0.142. The van der Waals surface area contributed by atoms with Crippen LogP contribution in [-0.4, -0.2) is 38.1 Å². The number of ether oxygens (including phenoxy) is 4. The summed E-state index contributed by atoms with van der Waals surface area (Å²) in [5, 5.41) is 0. The molecule has 1 aliphatic rings. The Morgan fingerprint density at radius 3 is 1.64 bits per heavy atom. The SMILES string of the molecule is O=S(=O)(O)OCC1=C[C@H](OCc2ccccc2)[C@@H](OCc2ccccc2)[C@H](OCc2ccccc2)O1. The molecule has 1 heterocycles. The Hall–Kier alpha value is -3.05. The van der Waals surface area contributed by atoms with E-state index in [2.05, 4.69) is 4.18 Å². The van der Waals surface area contributed by atoms with E-state index >= 15 is 0 Å². The zero-order valence-electron chi connectivity index (χ0n) is 19.5. The monoisotopic (exact) mass is 512 g/mol. The summed E-state index contributed by atoms with van der Waals surface area (Å²) in [4.78, 5) is 0. The van der Waals surface area contributed by atoms with Gasteiger partial charge in [0.05, 0.1) is 19.8 Å². The molecule has 1 aliphatic heterocycles. The summed E-state index contributed by atoms with van der Waals surface area (Å²) in [6.07, 6.45) is -0.665. The molecule has 3 aromatic rings. The van der Waals surface area contributed by atoms with E-state index < -0.39 is 35.5 Å². The van der Waals surface area contributed by atoms with Crippen LogP contribution in [0.3, 0.4) is 0 Å². The Kier molecular flexibility index (Phi) is 9.23. The molecule has 0 amide bonds. The van der Waals surface area contributed by atoms with Gasteiger partial charge in [-0.2, -0.15) is 8.42 Å². The van der Waals surface area contributed by atoms with Crippen LogP contribution in [0.1, 0.15) is 16.7 Å². The third-order valence-corrected chi connectivity index (χ3v) is 5.80. The van der Waals surface area contributed by atoms with Gasteiger partial charge in [0, 0.05) is 0 Å². The lowest BCUT2D eigenvalue weighted by molar-refractivity contribution is -0.236. The molecule has 3 atom stereocenters. The lowest BCUT2D eigenvalue weighted by Gasteiger charge is -2.36. The van der Waals surface area contributed by atoms with Gasteiger partial charge in [-0.3, -0.25) is 4.55 Å². The molecule has 0 spiro atoms.